The van der Waals surface area contributed by atoms with Gasteiger partial charge in [0.25, 0.3) is 0 Å². The monoisotopic (exact) mass is 338 g/mol. The summed E-state index contributed by atoms with van der Waals surface area (Å²) in [5.74, 6) is 0. The van der Waals surface area contributed by atoms with Gasteiger partial charge in [0.2, 0.25) is 0 Å². The summed E-state index contributed by atoms with van der Waals surface area (Å²) >= 11 is 0. The second-order valence-electron chi connectivity index (χ2n) is 6.15. The van der Waals surface area contributed by atoms with Gasteiger partial charge in [-0.05, 0) is 42.3 Å². The van der Waals surface area contributed by atoms with Gasteiger partial charge in [0.05, 0.1) is 12.2 Å². The number of aliphatic hydroxyl groups excluding tert-OH is 2. The summed E-state index contributed by atoms with van der Waals surface area (Å²) in [5.41, 5.74) is 1.76. The standard InChI is InChI=1S/C21H23O2P/c1-16-17(14-18(22)15-21(16)23)12-13-24(19-8-4-2-5-9-19)20-10-6-3-7-11-20/h2-12,18,21-23H,1,13-15H2/b17-12-/t18-,21-/m0/s1. The maximum Gasteiger partial charge on any atom is 0.0811 e. The summed E-state index contributed by atoms with van der Waals surface area (Å²) in [4.78, 5) is 0. The zero-order valence-corrected chi connectivity index (χ0v) is 14.6. The lowest BCUT2D eigenvalue weighted by molar-refractivity contribution is 0.0862. The first-order valence-electron chi connectivity index (χ1n) is 8.27. The molecule has 24 heavy (non-hydrogen) atoms. The lowest BCUT2D eigenvalue weighted by atomic mass is 9.86. The molecule has 1 saturated carbocycles. The average molecular weight is 338 g/mol. The molecule has 2 aromatic rings. The van der Waals surface area contributed by atoms with E-state index in [1.807, 2.05) is 12.1 Å². The van der Waals surface area contributed by atoms with Crippen LogP contribution in [0.1, 0.15) is 12.8 Å². The van der Waals surface area contributed by atoms with E-state index in [4.69, 9.17) is 0 Å². The van der Waals surface area contributed by atoms with E-state index in [0.717, 1.165) is 17.3 Å². The Morgan fingerprint density at radius 2 is 1.50 bits per heavy atom. The van der Waals surface area contributed by atoms with Crippen molar-refractivity contribution in [2.75, 3.05) is 6.16 Å². The van der Waals surface area contributed by atoms with Gasteiger partial charge in [0.1, 0.15) is 0 Å². The average Bonchev–Trinajstić information content (AvgIpc) is 2.61. The quantitative estimate of drug-likeness (QED) is 0.841. The molecule has 0 saturated heterocycles. The highest BCUT2D eigenvalue weighted by Gasteiger charge is 2.25. The molecule has 0 aliphatic heterocycles. The van der Waals surface area contributed by atoms with E-state index in [0.29, 0.717) is 12.8 Å². The van der Waals surface area contributed by atoms with Crippen molar-refractivity contribution in [3.63, 3.8) is 0 Å². The molecule has 0 aromatic heterocycles. The molecule has 1 aliphatic rings. The Balaban J connectivity index is 1.87. The van der Waals surface area contributed by atoms with Crippen LogP contribution in [0.5, 0.6) is 0 Å². The van der Waals surface area contributed by atoms with Crippen molar-refractivity contribution in [1.82, 2.24) is 0 Å². The van der Waals surface area contributed by atoms with E-state index in [-0.39, 0.29) is 0 Å². The molecule has 0 spiro atoms. The van der Waals surface area contributed by atoms with E-state index in [2.05, 4.69) is 61.2 Å². The van der Waals surface area contributed by atoms with Crippen LogP contribution in [0.4, 0.5) is 0 Å². The van der Waals surface area contributed by atoms with Crippen LogP contribution in [0.2, 0.25) is 0 Å². The third-order valence-electron chi connectivity index (χ3n) is 4.42. The molecule has 0 unspecified atom stereocenters. The van der Waals surface area contributed by atoms with Crippen molar-refractivity contribution in [2.45, 2.75) is 25.0 Å². The molecule has 2 N–H and O–H groups in total. The SMILES string of the molecule is C=C1/C(=C\CP(c2ccccc2)c2ccccc2)C[C@H](O)C[C@@H]1O. The summed E-state index contributed by atoms with van der Waals surface area (Å²) in [6, 6.07) is 21.1. The fourth-order valence-corrected chi connectivity index (χ4v) is 5.26. The summed E-state index contributed by atoms with van der Waals surface area (Å²) in [6.07, 6.45) is 2.93. The van der Waals surface area contributed by atoms with Crippen LogP contribution in [0.25, 0.3) is 0 Å². The number of hydrogen-bond donors (Lipinski definition) is 2. The third kappa shape index (κ3) is 4.02. The summed E-state index contributed by atoms with van der Waals surface area (Å²) in [6.45, 7) is 4.01. The number of hydrogen-bond acceptors (Lipinski definition) is 2. The summed E-state index contributed by atoms with van der Waals surface area (Å²) in [7, 11) is -0.504. The van der Waals surface area contributed by atoms with Gasteiger partial charge in [-0.1, -0.05) is 73.3 Å². The first-order chi connectivity index (χ1) is 11.6. The van der Waals surface area contributed by atoms with Gasteiger partial charge < -0.3 is 10.2 Å². The molecule has 0 bridgehead atoms. The van der Waals surface area contributed by atoms with Crippen molar-refractivity contribution >= 4 is 18.5 Å². The predicted octanol–water partition coefficient (Wildman–Crippen LogP) is 3.12. The Bertz CT molecular complexity index is 670. The zero-order chi connectivity index (χ0) is 16.9. The van der Waals surface area contributed by atoms with Gasteiger partial charge >= 0.3 is 0 Å². The minimum absolute atomic E-state index is 0.391. The van der Waals surface area contributed by atoms with Crippen LogP contribution in [0.3, 0.4) is 0 Å². The lowest BCUT2D eigenvalue weighted by Crippen LogP contribution is -2.27. The van der Waals surface area contributed by atoms with Gasteiger partial charge in [-0.25, -0.2) is 0 Å². The Kier molecular flexibility index (Phi) is 5.63. The van der Waals surface area contributed by atoms with Gasteiger partial charge in [-0.2, -0.15) is 0 Å². The summed E-state index contributed by atoms with van der Waals surface area (Å²) in [5, 5.41) is 22.6. The van der Waals surface area contributed by atoms with Crippen LogP contribution in [0, 0.1) is 0 Å². The molecule has 3 rings (SSSR count). The number of allylic oxidation sites excluding steroid dienone is 1. The topological polar surface area (TPSA) is 40.5 Å². The third-order valence-corrected chi connectivity index (χ3v) is 6.81. The number of aliphatic hydroxyl groups is 2. The molecule has 2 nitrogen and oxygen atoms in total. The van der Waals surface area contributed by atoms with Crippen molar-refractivity contribution in [3.05, 3.63) is 84.5 Å². The second-order valence-corrected chi connectivity index (χ2v) is 8.40. The highest BCUT2D eigenvalue weighted by atomic mass is 31.1. The maximum atomic E-state index is 10.0. The molecule has 2 aromatic carbocycles. The highest BCUT2D eigenvalue weighted by Crippen LogP contribution is 2.36. The Morgan fingerprint density at radius 3 is 2.04 bits per heavy atom. The Morgan fingerprint density at radius 1 is 0.958 bits per heavy atom. The first-order valence-corrected chi connectivity index (χ1v) is 9.80. The van der Waals surface area contributed by atoms with E-state index in [1.54, 1.807) is 0 Å². The van der Waals surface area contributed by atoms with Crippen molar-refractivity contribution in [1.29, 1.82) is 0 Å². The minimum Gasteiger partial charge on any atom is -0.393 e. The predicted molar refractivity (Wildman–Crippen MR) is 102 cm³/mol. The molecule has 0 radical (unpaired) electrons. The van der Waals surface area contributed by atoms with Crippen LogP contribution in [0.15, 0.2) is 84.5 Å². The Labute approximate surface area is 144 Å². The number of benzene rings is 2. The van der Waals surface area contributed by atoms with Gasteiger partial charge in [0, 0.05) is 6.42 Å². The van der Waals surface area contributed by atoms with Gasteiger partial charge in [-0.3, -0.25) is 0 Å². The zero-order valence-electron chi connectivity index (χ0n) is 13.7. The molecule has 1 fully saturated rings. The molecule has 0 heterocycles. The van der Waals surface area contributed by atoms with Gasteiger partial charge in [-0.15, -0.1) is 0 Å². The molecular weight excluding hydrogens is 315 g/mol. The van der Waals surface area contributed by atoms with Crippen molar-refractivity contribution in [3.8, 4) is 0 Å². The minimum atomic E-state index is -0.625. The lowest BCUT2D eigenvalue weighted by Gasteiger charge is -2.27. The Hall–Kier alpha value is -1.73. The smallest absolute Gasteiger partial charge is 0.0811 e. The second kappa shape index (κ2) is 7.90. The fraction of sp³-hybridized carbons (Fsp3) is 0.238. The summed E-state index contributed by atoms with van der Waals surface area (Å²) < 4.78 is 0. The van der Waals surface area contributed by atoms with E-state index >= 15 is 0 Å². The largest absolute Gasteiger partial charge is 0.393 e. The van der Waals surface area contributed by atoms with Crippen LogP contribution < -0.4 is 10.6 Å². The molecule has 2 atom stereocenters. The van der Waals surface area contributed by atoms with Gasteiger partial charge in [0.15, 0.2) is 0 Å². The molecular formula is C21H23O2P. The fourth-order valence-electron chi connectivity index (χ4n) is 3.07. The molecule has 124 valence electrons. The highest BCUT2D eigenvalue weighted by molar-refractivity contribution is 7.73. The van der Waals surface area contributed by atoms with Crippen molar-refractivity contribution in [2.24, 2.45) is 0 Å². The van der Waals surface area contributed by atoms with Crippen LogP contribution in [-0.2, 0) is 0 Å². The van der Waals surface area contributed by atoms with Crippen LogP contribution in [-0.4, -0.2) is 28.6 Å². The molecule has 3 heteroatoms. The van der Waals surface area contributed by atoms with E-state index < -0.39 is 20.1 Å². The molecule has 0 amide bonds. The van der Waals surface area contributed by atoms with E-state index in [9.17, 15) is 10.2 Å². The first kappa shape index (κ1) is 17.1. The molecule has 1 aliphatic carbocycles. The number of rotatable bonds is 4. The van der Waals surface area contributed by atoms with Crippen LogP contribution >= 0.6 is 7.92 Å². The van der Waals surface area contributed by atoms with Crippen molar-refractivity contribution < 1.29 is 10.2 Å². The van der Waals surface area contributed by atoms with E-state index in [1.165, 1.54) is 10.6 Å². The normalized spacial score (nSPS) is 23.0. The maximum absolute atomic E-state index is 10.0.